The number of hydrogen-bond donors (Lipinski definition) is 0. The highest BCUT2D eigenvalue weighted by atomic mass is 16.3. The van der Waals surface area contributed by atoms with Gasteiger partial charge in [-0.3, -0.25) is 0 Å². The van der Waals surface area contributed by atoms with Gasteiger partial charge in [0.25, 0.3) is 0 Å². The molecule has 0 unspecified atom stereocenters. The van der Waals surface area contributed by atoms with Gasteiger partial charge in [-0.05, 0) is 70.1 Å². The lowest BCUT2D eigenvalue weighted by molar-refractivity contribution is 0.673. The van der Waals surface area contributed by atoms with Gasteiger partial charge in [0, 0.05) is 49.3 Å². The van der Waals surface area contributed by atoms with E-state index in [1.807, 2.05) is 36.4 Å². The van der Waals surface area contributed by atoms with Gasteiger partial charge in [0.2, 0.25) is 0 Å². The third-order valence-corrected chi connectivity index (χ3v) is 11.8. The molecule has 3 heterocycles. The number of fused-ring (bicyclic) bond motifs is 8. The highest BCUT2D eigenvalue weighted by molar-refractivity contribution is 6.22. The summed E-state index contributed by atoms with van der Waals surface area (Å²) in [4.78, 5) is 10.1. The van der Waals surface area contributed by atoms with Crippen molar-refractivity contribution in [2.75, 3.05) is 0 Å². The lowest BCUT2D eigenvalue weighted by Crippen LogP contribution is -1.95. The fourth-order valence-corrected chi connectivity index (χ4v) is 9.01. The summed E-state index contributed by atoms with van der Waals surface area (Å²) in [5.74, 6) is 0.704. The van der Waals surface area contributed by atoms with Crippen molar-refractivity contribution in [2.45, 2.75) is 0 Å². The standard InChI is InChI=1S/C56H35N3O/c1-3-14-38(15-4-1)49-35-50(58-56(57-49)40-16-5-2-6-17-40)39-28-26-36(27-29-39)42-22-13-25-53-54(42)48-34-47(43-18-7-8-21-46(43)55(48)60-53)37-30-32-41(33-31-37)59-51-23-11-9-19-44(51)45-20-10-12-24-52(45)59/h1-35H. The van der Waals surface area contributed by atoms with Crippen molar-refractivity contribution in [1.29, 1.82) is 0 Å². The minimum absolute atomic E-state index is 0.704. The Kier molecular flexibility index (Phi) is 7.82. The zero-order valence-corrected chi connectivity index (χ0v) is 32.5. The molecule has 280 valence electrons. The molecule has 0 amide bonds. The van der Waals surface area contributed by atoms with Crippen LogP contribution in [0.15, 0.2) is 217 Å². The molecule has 3 aromatic heterocycles. The number of furan rings is 1. The summed E-state index contributed by atoms with van der Waals surface area (Å²) in [6, 6.07) is 74.9. The Morgan fingerprint density at radius 1 is 0.350 bits per heavy atom. The molecule has 0 atom stereocenters. The first-order chi connectivity index (χ1) is 29.7. The van der Waals surface area contributed by atoms with Crippen molar-refractivity contribution < 1.29 is 4.42 Å². The van der Waals surface area contributed by atoms with E-state index in [0.717, 1.165) is 83.2 Å². The van der Waals surface area contributed by atoms with E-state index in [9.17, 15) is 0 Å². The molecule has 4 heteroatoms. The quantitative estimate of drug-likeness (QED) is 0.169. The summed E-state index contributed by atoms with van der Waals surface area (Å²) < 4.78 is 9.12. The van der Waals surface area contributed by atoms with Crippen LogP contribution in [0.25, 0.3) is 116 Å². The van der Waals surface area contributed by atoms with Crippen LogP contribution >= 0.6 is 0 Å². The Balaban J connectivity index is 0.973. The van der Waals surface area contributed by atoms with E-state index >= 15 is 0 Å². The Hall–Kier alpha value is -8.08. The van der Waals surface area contributed by atoms with E-state index < -0.39 is 0 Å². The van der Waals surface area contributed by atoms with Crippen molar-refractivity contribution in [2.24, 2.45) is 0 Å². The third kappa shape index (κ3) is 5.53. The zero-order chi connectivity index (χ0) is 39.6. The molecule has 0 fully saturated rings. The molecule has 0 N–H and O–H groups in total. The molecule has 0 aliphatic rings. The number of hydrogen-bond acceptors (Lipinski definition) is 3. The first kappa shape index (κ1) is 34.0. The summed E-state index contributed by atoms with van der Waals surface area (Å²) >= 11 is 0. The van der Waals surface area contributed by atoms with Crippen LogP contribution in [0.3, 0.4) is 0 Å². The van der Waals surface area contributed by atoms with Crippen LogP contribution in [-0.4, -0.2) is 14.5 Å². The second kappa shape index (κ2) is 13.8. The largest absolute Gasteiger partial charge is 0.455 e. The lowest BCUT2D eigenvalue weighted by Gasteiger charge is -2.12. The van der Waals surface area contributed by atoms with Crippen molar-refractivity contribution in [3.05, 3.63) is 212 Å². The van der Waals surface area contributed by atoms with Crippen LogP contribution < -0.4 is 0 Å². The fourth-order valence-electron chi connectivity index (χ4n) is 9.01. The van der Waals surface area contributed by atoms with Gasteiger partial charge in [0.05, 0.1) is 22.4 Å². The second-order valence-electron chi connectivity index (χ2n) is 15.3. The van der Waals surface area contributed by atoms with Crippen LogP contribution in [0, 0.1) is 0 Å². The monoisotopic (exact) mass is 765 g/mol. The van der Waals surface area contributed by atoms with Gasteiger partial charge in [-0.25, -0.2) is 9.97 Å². The molecule has 4 nitrogen and oxygen atoms in total. The SMILES string of the molecule is c1ccc(-c2cc(-c3ccc(-c4cccc5oc6c7ccccc7c(-c7ccc(-n8c9ccccc9c9ccccc98)cc7)cc6c45)cc3)nc(-c3ccccc3)n2)cc1. The van der Waals surface area contributed by atoms with Crippen molar-refractivity contribution in [3.8, 4) is 61.8 Å². The van der Waals surface area contributed by atoms with Crippen LogP contribution in [0.2, 0.25) is 0 Å². The number of para-hydroxylation sites is 2. The van der Waals surface area contributed by atoms with Crippen LogP contribution in [0.5, 0.6) is 0 Å². The molecule has 60 heavy (non-hydrogen) atoms. The predicted molar refractivity (Wildman–Crippen MR) is 248 cm³/mol. The Morgan fingerprint density at radius 2 is 0.867 bits per heavy atom. The van der Waals surface area contributed by atoms with Gasteiger partial charge in [-0.15, -0.1) is 0 Å². The minimum Gasteiger partial charge on any atom is -0.455 e. The molecule has 0 spiro atoms. The van der Waals surface area contributed by atoms with E-state index in [1.54, 1.807) is 0 Å². The summed E-state index contributed by atoms with van der Waals surface area (Å²) in [7, 11) is 0. The summed E-state index contributed by atoms with van der Waals surface area (Å²) in [6.07, 6.45) is 0. The molecule has 12 rings (SSSR count). The molecule has 12 aromatic rings. The smallest absolute Gasteiger partial charge is 0.160 e. The van der Waals surface area contributed by atoms with Crippen molar-refractivity contribution in [3.63, 3.8) is 0 Å². The molecule has 9 aromatic carbocycles. The van der Waals surface area contributed by atoms with Crippen LogP contribution in [-0.2, 0) is 0 Å². The number of benzene rings is 9. The van der Waals surface area contributed by atoms with E-state index in [1.165, 1.54) is 27.4 Å². The van der Waals surface area contributed by atoms with Gasteiger partial charge in [-0.2, -0.15) is 0 Å². The van der Waals surface area contributed by atoms with E-state index in [4.69, 9.17) is 14.4 Å². The molecule has 0 aliphatic carbocycles. The maximum absolute atomic E-state index is 6.75. The van der Waals surface area contributed by atoms with Gasteiger partial charge < -0.3 is 8.98 Å². The predicted octanol–water partition coefficient (Wildman–Crippen LogP) is 15.0. The Morgan fingerprint density at radius 3 is 1.53 bits per heavy atom. The molecular formula is C56H35N3O. The summed E-state index contributed by atoms with van der Waals surface area (Å²) in [5, 5.41) is 6.98. The van der Waals surface area contributed by atoms with Gasteiger partial charge >= 0.3 is 0 Å². The Bertz CT molecular complexity index is 3460. The van der Waals surface area contributed by atoms with Crippen molar-refractivity contribution >= 4 is 54.5 Å². The summed E-state index contributed by atoms with van der Waals surface area (Å²) in [6.45, 7) is 0. The minimum atomic E-state index is 0.704. The highest BCUT2D eigenvalue weighted by Gasteiger charge is 2.19. The molecule has 0 bridgehead atoms. The maximum atomic E-state index is 6.75. The van der Waals surface area contributed by atoms with Gasteiger partial charge in [0.1, 0.15) is 11.2 Å². The summed E-state index contributed by atoms with van der Waals surface area (Å²) in [5.41, 5.74) is 14.7. The zero-order valence-electron chi connectivity index (χ0n) is 32.5. The first-order valence-electron chi connectivity index (χ1n) is 20.3. The molecule has 0 saturated heterocycles. The van der Waals surface area contributed by atoms with Crippen molar-refractivity contribution in [1.82, 2.24) is 14.5 Å². The fraction of sp³-hybridized carbons (Fsp3) is 0. The molecule has 0 radical (unpaired) electrons. The molecule has 0 aliphatic heterocycles. The highest BCUT2D eigenvalue weighted by Crippen LogP contribution is 2.44. The maximum Gasteiger partial charge on any atom is 0.160 e. The van der Waals surface area contributed by atoms with Crippen LogP contribution in [0.1, 0.15) is 0 Å². The van der Waals surface area contributed by atoms with E-state index in [0.29, 0.717) is 5.82 Å². The normalized spacial score (nSPS) is 11.7. The first-order valence-corrected chi connectivity index (χ1v) is 20.3. The third-order valence-electron chi connectivity index (χ3n) is 11.8. The van der Waals surface area contributed by atoms with Crippen LogP contribution in [0.4, 0.5) is 0 Å². The Labute approximate surface area is 346 Å². The molecule has 0 saturated carbocycles. The number of rotatable bonds is 6. The van der Waals surface area contributed by atoms with Gasteiger partial charge in [-0.1, -0.05) is 170 Å². The van der Waals surface area contributed by atoms with E-state index in [2.05, 4.69) is 180 Å². The lowest BCUT2D eigenvalue weighted by atomic mass is 9.93. The molecular weight excluding hydrogens is 731 g/mol. The second-order valence-corrected chi connectivity index (χ2v) is 15.3. The number of aromatic nitrogens is 3. The van der Waals surface area contributed by atoms with E-state index in [-0.39, 0.29) is 0 Å². The average Bonchev–Trinajstić information content (AvgIpc) is 3.88. The van der Waals surface area contributed by atoms with Gasteiger partial charge in [0.15, 0.2) is 5.82 Å². The number of nitrogens with zero attached hydrogens (tertiary/aromatic N) is 3. The average molecular weight is 766 g/mol. The topological polar surface area (TPSA) is 43.9 Å².